The molecule has 0 bridgehead atoms. The maximum absolute atomic E-state index is 13.1. The lowest BCUT2D eigenvalue weighted by Gasteiger charge is -2.47. The van der Waals surface area contributed by atoms with Crippen LogP contribution in [0.3, 0.4) is 0 Å². The molecule has 5 rings (SSSR count). The van der Waals surface area contributed by atoms with Crippen LogP contribution in [0.1, 0.15) is 32.0 Å². The first kappa shape index (κ1) is 24.2. The summed E-state index contributed by atoms with van der Waals surface area (Å²) in [6.45, 7) is 6.59. The molecule has 2 amide bonds. The number of halogens is 1. The van der Waals surface area contributed by atoms with Crippen LogP contribution in [0, 0.1) is 11.8 Å². The first-order valence-electron chi connectivity index (χ1n) is 12.0. The lowest BCUT2D eigenvalue weighted by atomic mass is 9.78. The first-order valence-corrected chi connectivity index (χ1v) is 12.9. The van der Waals surface area contributed by atoms with E-state index in [-0.39, 0.29) is 52.5 Å². The van der Waals surface area contributed by atoms with E-state index in [1.807, 2.05) is 18.7 Å². The van der Waals surface area contributed by atoms with Gasteiger partial charge in [0.05, 0.1) is 30.2 Å². The van der Waals surface area contributed by atoms with Crippen LogP contribution in [-0.2, 0) is 21.1 Å². The minimum atomic E-state index is -1.12. The number of amides is 2. The number of carboxylic acids is 1. The van der Waals surface area contributed by atoms with Gasteiger partial charge >= 0.3 is 5.97 Å². The van der Waals surface area contributed by atoms with E-state index in [0.29, 0.717) is 31.0 Å². The van der Waals surface area contributed by atoms with E-state index in [4.69, 9.17) is 0 Å². The number of nitrogens with one attached hydrogen (secondary N) is 2. The van der Waals surface area contributed by atoms with Gasteiger partial charge in [-0.1, -0.05) is 12.1 Å². The summed E-state index contributed by atoms with van der Waals surface area (Å²) in [4.78, 5) is 42.2. The Kier molecular flexibility index (Phi) is 6.57. The van der Waals surface area contributed by atoms with E-state index >= 15 is 0 Å². The number of thioether (sulfide) groups is 1. The van der Waals surface area contributed by atoms with Crippen LogP contribution in [0.2, 0.25) is 0 Å². The highest BCUT2D eigenvalue weighted by atomic mass is 32.2. The molecule has 0 aromatic carbocycles. The van der Waals surface area contributed by atoms with E-state index in [9.17, 15) is 23.9 Å². The summed E-state index contributed by atoms with van der Waals surface area (Å²) in [5, 5.41) is 24.3. The number of aromatic nitrogens is 3. The molecule has 190 valence electrons. The highest BCUT2D eigenvalue weighted by Crippen LogP contribution is 2.53. The second-order valence-electron chi connectivity index (χ2n) is 9.61. The first-order chi connectivity index (χ1) is 16.8. The summed E-state index contributed by atoms with van der Waals surface area (Å²) in [6, 6.07) is -0.969. The zero-order chi connectivity index (χ0) is 24.9. The number of alkyl halides is 1. The molecule has 35 heavy (non-hydrogen) atoms. The summed E-state index contributed by atoms with van der Waals surface area (Å²) >= 11 is 1.47. The number of rotatable bonds is 7. The third kappa shape index (κ3) is 4.12. The predicted octanol–water partition coefficient (Wildman–Crippen LogP) is -0.0230. The van der Waals surface area contributed by atoms with Gasteiger partial charge in [0.1, 0.15) is 18.1 Å². The largest absolute Gasteiger partial charge is 0.477 e. The fraction of sp³-hybridized carbons (Fsp3) is 0.682. The average Bonchev–Trinajstić information content (AvgIpc) is 3.58. The molecular weight excluding hydrogens is 477 g/mol. The second kappa shape index (κ2) is 9.51. The summed E-state index contributed by atoms with van der Waals surface area (Å²) in [6.07, 6.45) is 2.10. The molecule has 0 saturated carbocycles. The number of β-lactam (4-membered cyclic amide) rings is 1. The lowest BCUT2D eigenvalue weighted by molar-refractivity contribution is -0.159. The number of carbonyl (C=O) groups is 3. The molecule has 5 heterocycles. The van der Waals surface area contributed by atoms with Gasteiger partial charge in [0, 0.05) is 48.8 Å². The molecule has 0 aliphatic carbocycles. The molecule has 4 aliphatic rings. The molecule has 3 N–H and O–H groups in total. The molecular formula is C22H30FN7O4S. The van der Waals surface area contributed by atoms with Crippen molar-refractivity contribution in [1.29, 1.82) is 0 Å². The number of carbonyl (C=O) groups excluding carboxylic acids is 2. The van der Waals surface area contributed by atoms with Gasteiger partial charge < -0.3 is 25.5 Å². The quantitative estimate of drug-likeness (QED) is 0.436. The van der Waals surface area contributed by atoms with Crippen LogP contribution < -0.4 is 10.6 Å². The van der Waals surface area contributed by atoms with Gasteiger partial charge in [-0.15, -0.1) is 16.9 Å². The Morgan fingerprint density at radius 1 is 1.34 bits per heavy atom. The Hall–Kier alpha value is -2.51. The molecule has 6 atom stereocenters. The Labute approximate surface area is 206 Å². The smallest absolute Gasteiger partial charge is 0.353 e. The molecule has 3 saturated heterocycles. The van der Waals surface area contributed by atoms with Crippen molar-refractivity contribution in [3.8, 4) is 0 Å². The maximum atomic E-state index is 13.1. The van der Waals surface area contributed by atoms with Gasteiger partial charge in [0.25, 0.3) is 0 Å². The highest BCUT2D eigenvalue weighted by Gasteiger charge is 2.61. The number of aliphatic carboxylic acids is 1. The van der Waals surface area contributed by atoms with Crippen molar-refractivity contribution in [3.05, 3.63) is 22.5 Å². The minimum Gasteiger partial charge on any atom is -0.477 e. The van der Waals surface area contributed by atoms with Crippen molar-refractivity contribution < 1.29 is 23.9 Å². The Balaban J connectivity index is 1.29. The standard InChI is InChI=1S/C22H30FN7O4S/c1-11-17-16(12(2)29-10-13(8-23)26-27-29)21(32)30(17)18(22(33)34)19(11)35-14-7-15(25-9-14)20(31)28-5-3-24-4-6-28/h10-12,14-17,24-25H,3-9H2,1-2H3,(H,33,34)/t11-,12-,14?,15?,16-,17-/m1/s1. The third-order valence-electron chi connectivity index (χ3n) is 7.53. The van der Waals surface area contributed by atoms with Crippen molar-refractivity contribution in [2.24, 2.45) is 11.8 Å². The maximum Gasteiger partial charge on any atom is 0.353 e. The lowest BCUT2D eigenvalue weighted by Crippen LogP contribution is -2.62. The van der Waals surface area contributed by atoms with Gasteiger partial charge in [-0.2, -0.15) is 0 Å². The summed E-state index contributed by atoms with van der Waals surface area (Å²) in [5.74, 6) is -1.95. The molecule has 0 spiro atoms. The number of nitrogens with zero attached hydrogens (tertiary/aromatic N) is 5. The van der Waals surface area contributed by atoms with Gasteiger partial charge in [-0.25, -0.2) is 13.9 Å². The third-order valence-corrected chi connectivity index (χ3v) is 9.05. The monoisotopic (exact) mass is 507 g/mol. The van der Waals surface area contributed by atoms with Crippen molar-refractivity contribution in [2.75, 3.05) is 32.7 Å². The molecule has 1 aromatic rings. The molecule has 2 unspecified atom stereocenters. The normalized spacial score (nSPS) is 31.5. The van der Waals surface area contributed by atoms with Crippen molar-refractivity contribution >= 4 is 29.5 Å². The summed E-state index contributed by atoms with van der Waals surface area (Å²) in [7, 11) is 0. The van der Waals surface area contributed by atoms with E-state index in [0.717, 1.165) is 13.1 Å². The van der Waals surface area contributed by atoms with Gasteiger partial charge in [-0.05, 0) is 13.3 Å². The Morgan fingerprint density at radius 3 is 2.74 bits per heavy atom. The van der Waals surface area contributed by atoms with Crippen LogP contribution in [0.4, 0.5) is 4.39 Å². The van der Waals surface area contributed by atoms with Crippen molar-refractivity contribution in [3.63, 3.8) is 0 Å². The molecule has 1 aromatic heterocycles. The van der Waals surface area contributed by atoms with E-state index in [1.165, 1.54) is 27.5 Å². The van der Waals surface area contributed by atoms with E-state index in [1.54, 1.807) is 0 Å². The topological polar surface area (TPSA) is 133 Å². The minimum absolute atomic E-state index is 0.0331. The van der Waals surface area contributed by atoms with Gasteiger partial charge in [-0.3, -0.25) is 9.59 Å². The zero-order valence-electron chi connectivity index (χ0n) is 19.7. The summed E-state index contributed by atoms with van der Waals surface area (Å²) in [5.41, 5.74) is 0.236. The molecule has 11 nitrogen and oxygen atoms in total. The number of fused-ring (bicyclic) bond motifs is 1. The number of carboxylic acid groups (broad SMARTS) is 1. The average molecular weight is 508 g/mol. The predicted molar refractivity (Wildman–Crippen MR) is 125 cm³/mol. The van der Waals surface area contributed by atoms with Gasteiger partial charge in [0.15, 0.2) is 0 Å². The summed E-state index contributed by atoms with van der Waals surface area (Å²) < 4.78 is 14.4. The molecule has 4 aliphatic heterocycles. The second-order valence-corrected chi connectivity index (χ2v) is 10.9. The van der Waals surface area contributed by atoms with E-state index < -0.39 is 18.6 Å². The molecule has 0 radical (unpaired) electrons. The number of piperazine rings is 1. The zero-order valence-corrected chi connectivity index (χ0v) is 20.5. The Bertz CT molecular complexity index is 1060. The van der Waals surface area contributed by atoms with Crippen molar-refractivity contribution in [1.82, 2.24) is 35.4 Å². The van der Waals surface area contributed by atoms with E-state index in [2.05, 4.69) is 20.9 Å². The number of hydrogen-bond acceptors (Lipinski definition) is 8. The van der Waals surface area contributed by atoms with Gasteiger partial charge in [0.2, 0.25) is 11.8 Å². The van der Waals surface area contributed by atoms with Crippen LogP contribution in [0.25, 0.3) is 0 Å². The van der Waals surface area contributed by atoms with Crippen LogP contribution >= 0.6 is 11.8 Å². The molecule has 3 fully saturated rings. The fourth-order valence-corrected chi connectivity index (χ4v) is 7.16. The van der Waals surface area contributed by atoms with Crippen LogP contribution in [0.15, 0.2) is 16.8 Å². The van der Waals surface area contributed by atoms with Crippen molar-refractivity contribution in [2.45, 2.75) is 50.3 Å². The number of hydrogen-bond donors (Lipinski definition) is 3. The van der Waals surface area contributed by atoms with Crippen LogP contribution in [-0.4, -0.2) is 97.7 Å². The molecule has 13 heteroatoms. The highest BCUT2D eigenvalue weighted by molar-refractivity contribution is 8.03. The fourth-order valence-electron chi connectivity index (χ4n) is 5.68. The SMILES string of the molecule is C[C@H]([C@H]1C(=O)N2C(C(=O)O)=C(SC3CNC(C(=O)N4CCNCC4)C3)[C@H](C)[C@H]12)n1cc(CF)nn1. The Morgan fingerprint density at radius 2 is 2.09 bits per heavy atom. The van der Waals surface area contributed by atoms with Crippen LogP contribution in [0.5, 0.6) is 0 Å².